The zero-order valence-corrected chi connectivity index (χ0v) is 16.3. The quantitative estimate of drug-likeness (QED) is 0.778. The maximum Gasteiger partial charge on any atom is 0.246 e. The summed E-state index contributed by atoms with van der Waals surface area (Å²) in [5.74, 6) is 0.149. The van der Waals surface area contributed by atoms with E-state index in [4.69, 9.17) is 5.26 Å². The molecule has 9 heteroatoms. The molecule has 3 aliphatic rings. The van der Waals surface area contributed by atoms with Gasteiger partial charge in [0.15, 0.2) is 0 Å². The maximum absolute atomic E-state index is 13.6. The Kier molecular flexibility index (Phi) is 4.42. The molecule has 1 spiro atoms. The van der Waals surface area contributed by atoms with E-state index in [1.54, 1.807) is 18.5 Å². The monoisotopic (exact) mass is 405 g/mol. The highest BCUT2D eigenvalue weighted by molar-refractivity contribution is 5.82. The van der Waals surface area contributed by atoms with Crippen LogP contribution in [-0.2, 0) is 4.79 Å². The minimum atomic E-state index is -0.418. The lowest BCUT2D eigenvalue weighted by Gasteiger charge is -2.41. The van der Waals surface area contributed by atoms with E-state index in [0.717, 1.165) is 31.3 Å². The number of amides is 1. The Bertz CT molecular complexity index is 1060. The number of hydrazone groups is 1. The highest BCUT2D eigenvalue weighted by atomic mass is 19.1. The highest BCUT2D eigenvalue weighted by Crippen LogP contribution is 2.52. The Morgan fingerprint density at radius 1 is 1.27 bits per heavy atom. The number of hydrogen-bond donors (Lipinski definition) is 0. The summed E-state index contributed by atoms with van der Waals surface area (Å²) >= 11 is 0. The van der Waals surface area contributed by atoms with Gasteiger partial charge in [-0.25, -0.2) is 19.4 Å². The predicted octanol–water partition coefficient (Wildman–Crippen LogP) is 2.59. The minimum Gasteiger partial charge on any atom is -0.351 e. The number of aromatic nitrogens is 3. The van der Waals surface area contributed by atoms with Gasteiger partial charge in [0.2, 0.25) is 5.91 Å². The number of halogens is 1. The first-order valence-electron chi connectivity index (χ1n) is 10.1. The average Bonchev–Trinajstić information content (AvgIpc) is 3.34. The summed E-state index contributed by atoms with van der Waals surface area (Å²) in [6, 6.07) is 4.87. The summed E-state index contributed by atoms with van der Waals surface area (Å²) in [7, 11) is 0. The number of pyridine rings is 1. The van der Waals surface area contributed by atoms with E-state index in [-0.39, 0.29) is 23.4 Å². The lowest BCUT2D eigenvalue weighted by atomic mass is 9.87. The molecular formula is C21H20FN7O. The third-order valence-corrected chi connectivity index (χ3v) is 6.29. The van der Waals surface area contributed by atoms with Crippen LogP contribution in [0, 0.1) is 23.1 Å². The highest BCUT2D eigenvalue weighted by Gasteiger charge is 2.54. The molecule has 0 aromatic carbocycles. The number of carbonyl (C=O) groups excluding carboxylic acids is 1. The van der Waals surface area contributed by atoms with Gasteiger partial charge in [0.25, 0.3) is 0 Å². The van der Waals surface area contributed by atoms with Crippen molar-refractivity contribution in [3.8, 4) is 6.07 Å². The van der Waals surface area contributed by atoms with E-state index in [1.807, 2.05) is 0 Å². The Hall–Kier alpha value is -3.41. The molecule has 1 saturated heterocycles. The van der Waals surface area contributed by atoms with Crippen LogP contribution in [0.1, 0.15) is 49.4 Å². The van der Waals surface area contributed by atoms with Gasteiger partial charge in [-0.05, 0) is 37.3 Å². The second-order valence-corrected chi connectivity index (χ2v) is 8.11. The lowest BCUT2D eigenvalue weighted by Crippen LogP contribution is -2.48. The van der Waals surface area contributed by atoms with Crippen LogP contribution in [0.25, 0.3) is 0 Å². The van der Waals surface area contributed by atoms with Crippen LogP contribution < -0.4 is 4.90 Å². The van der Waals surface area contributed by atoms with Crippen LogP contribution in [0.15, 0.2) is 36.0 Å². The first-order valence-corrected chi connectivity index (χ1v) is 10.1. The number of rotatable bonds is 3. The van der Waals surface area contributed by atoms with Crippen molar-refractivity contribution in [2.75, 3.05) is 11.4 Å². The molecule has 0 bridgehead atoms. The van der Waals surface area contributed by atoms with Crippen molar-refractivity contribution < 1.29 is 9.18 Å². The van der Waals surface area contributed by atoms with Gasteiger partial charge in [0.1, 0.15) is 29.7 Å². The van der Waals surface area contributed by atoms with E-state index >= 15 is 0 Å². The van der Waals surface area contributed by atoms with Crippen LogP contribution in [-0.4, -0.2) is 44.2 Å². The van der Waals surface area contributed by atoms with Gasteiger partial charge < -0.3 is 4.90 Å². The summed E-state index contributed by atoms with van der Waals surface area (Å²) in [5.41, 5.74) is 0.898. The second kappa shape index (κ2) is 7.13. The first-order chi connectivity index (χ1) is 14.6. The number of carbonyl (C=O) groups is 1. The molecule has 1 aliphatic carbocycles. The van der Waals surface area contributed by atoms with E-state index in [0.29, 0.717) is 30.6 Å². The topological polar surface area (TPSA) is 98.4 Å². The van der Waals surface area contributed by atoms with Crippen LogP contribution in [0.4, 0.5) is 10.2 Å². The third-order valence-electron chi connectivity index (χ3n) is 6.29. The number of anilines is 1. The van der Waals surface area contributed by atoms with Crippen molar-refractivity contribution in [1.29, 1.82) is 5.26 Å². The second-order valence-electron chi connectivity index (χ2n) is 8.11. The van der Waals surface area contributed by atoms with Gasteiger partial charge in [-0.15, -0.1) is 0 Å². The van der Waals surface area contributed by atoms with Crippen molar-refractivity contribution in [3.05, 3.63) is 47.9 Å². The van der Waals surface area contributed by atoms with Crippen LogP contribution >= 0.6 is 0 Å². The fraction of sp³-hybridized carbons (Fsp3) is 0.429. The molecule has 5 rings (SSSR count). The molecule has 2 fully saturated rings. The van der Waals surface area contributed by atoms with Crippen LogP contribution in [0.5, 0.6) is 0 Å². The molecular weight excluding hydrogens is 385 g/mol. The largest absolute Gasteiger partial charge is 0.351 e. The molecule has 2 aromatic heterocycles. The smallest absolute Gasteiger partial charge is 0.246 e. The molecule has 2 aliphatic heterocycles. The first kappa shape index (κ1) is 18.6. The number of piperidine rings is 1. The molecule has 1 saturated carbocycles. The molecule has 1 amide bonds. The Morgan fingerprint density at radius 2 is 2.13 bits per heavy atom. The molecule has 2 aromatic rings. The van der Waals surface area contributed by atoms with Crippen molar-refractivity contribution in [3.63, 3.8) is 0 Å². The minimum absolute atomic E-state index is 0.0238. The fourth-order valence-corrected chi connectivity index (χ4v) is 4.64. The van der Waals surface area contributed by atoms with Crippen molar-refractivity contribution >= 4 is 17.9 Å². The standard InChI is InChI=1S/C21H20FN7O/c22-16-7-15(11-24-12-16)18-1-5-27-29(18)20(30)14-2-6-28(21(9-14)3-4-21)19-8-17(10-23)25-13-26-19/h5,7-8,11-14,18H,1-4,6,9H2/t14?,18-/m1/s1. The summed E-state index contributed by atoms with van der Waals surface area (Å²) in [6.45, 7) is 0.683. The van der Waals surface area contributed by atoms with E-state index in [2.05, 4.69) is 31.0 Å². The number of nitrogens with zero attached hydrogens (tertiary/aromatic N) is 7. The van der Waals surface area contributed by atoms with Crippen LogP contribution in [0.2, 0.25) is 0 Å². The maximum atomic E-state index is 13.6. The lowest BCUT2D eigenvalue weighted by molar-refractivity contribution is -0.138. The number of nitriles is 1. The van der Waals surface area contributed by atoms with E-state index in [9.17, 15) is 9.18 Å². The van der Waals surface area contributed by atoms with Gasteiger partial charge >= 0.3 is 0 Å². The molecule has 30 heavy (non-hydrogen) atoms. The average molecular weight is 405 g/mol. The Morgan fingerprint density at radius 3 is 2.90 bits per heavy atom. The molecule has 0 radical (unpaired) electrons. The van der Waals surface area contributed by atoms with E-state index in [1.165, 1.54) is 17.4 Å². The molecule has 4 heterocycles. The predicted molar refractivity (Wildman–Crippen MR) is 106 cm³/mol. The normalized spacial score (nSPS) is 24.1. The van der Waals surface area contributed by atoms with Gasteiger partial charge in [0, 0.05) is 42.9 Å². The third kappa shape index (κ3) is 3.18. The van der Waals surface area contributed by atoms with Gasteiger partial charge in [-0.1, -0.05) is 0 Å². The van der Waals surface area contributed by atoms with E-state index < -0.39 is 5.82 Å². The van der Waals surface area contributed by atoms with Gasteiger partial charge in [-0.3, -0.25) is 9.78 Å². The molecule has 2 atom stereocenters. The Labute approximate surface area is 173 Å². The zero-order valence-electron chi connectivity index (χ0n) is 16.3. The summed E-state index contributed by atoms with van der Waals surface area (Å²) in [6.07, 6.45) is 9.80. The zero-order chi connectivity index (χ0) is 20.7. The Balaban J connectivity index is 1.34. The van der Waals surface area contributed by atoms with Crippen molar-refractivity contribution in [2.45, 2.75) is 43.7 Å². The van der Waals surface area contributed by atoms with Crippen molar-refractivity contribution in [2.24, 2.45) is 11.0 Å². The molecule has 8 nitrogen and oxygen atoms in total. The van der Waals surface area contributed by atoms with Crippen LogP contribution in [0.3, 0.4) is 0 Å². The van der Waals surface area contributed by atoms with Crippen molar-refractivity contribution in [1.82, 2.24) is 20.0 Å². The molecule has 0 N–H and O–H groups in total. The summed E-state index contributed by atoms with van der Waals surface area (Å²) in [4.78, 5) is 27.8. The number of hydrogen-bond acceptors (Lipinski definition) is 7. The van der Waals surface area contributed by atoms with Gasteiger partial charge in [0.05, 0.1) is 12.2 Å². The SMILES string of the molecule is N#Cc1cc(N2CCC(C(=O)N3N=CC[C@@H]3c3cncc(F)c3)CC23CC3)ncn1. The molecule has 152 valence electrons. The summed E-state index contributed by atoms with van der Waals surface area (Å²) in [5, 5.41) is 14.9. The summed E-state index contributed by atoms with van der Waals surface area (Å²) < 4.78 is 13.6. The molecule has 1 unspecified atom stereocenters. The fourth-order valence-electron chi connectivity index (χ4n) is 4.64. The van der Waals surface area contributed by atoms with Gasteiger partial charge in [-0.2, -0.15) is 10.4 Å².